The smallest absolute Gasteiger partial charge is 0.356 e. The maximum absolute atomic E-state index is 13.7. The first-order chi connectivity index (χ1) is 18.9. The van der Waals surface area contributed by atoms with Crippen LogP contribution in [0.15, 0.2) is 52.5 Å². The molecule has 0 spiro atoms. The number of hydrogen-bond acceptors (Lipinski definition) is 4. The van der Waals surface area contributed by atoms with Gasteiger partial charge in [-0.15, -0.1) is 0 Å². The van der Waals surface area contributed by atoms with E-state index in [9.17, 15) is 26.7 Å². The van der Waals surface area contributed by atoms with Gasteiger partial charge in [-0.2, -0.15) is 23.3 Å². The average molecular weight is 579 g/mol. The second kappa shape index (κ2) is 11.7. The van der Waals surface area contributed by atoms with Gasteiger partial charge >= 0.3 is 11.4 Å². The van der Waals surface area contributed by atoms with E-state index in [1.807, 2.05) is 32.1 Å². The number of amides is 1. The van der Waals surface area contributed by atoms with Crippen LogP contribution in [0.25, 0.3) is 17.0 Å². The maximum Gasteiger partial charge on any atom is 0.416 e. The number of alkyl halides is 5. The van der Waals surface area contributed by atoms with Crippen molar-refractivity contribution in [3.63, 3.8) is 0 Å². The number of carbonyl (C=O) groups excluding carboxylic acids is 1. The maximum atomic E-state index is 13.7. The van der Waals surface area contributed by atoms with Crippen LogP contribution < -0.4 is 0 Å². The first kappa shape index (κ1) is 29.8. The molecule has 0 aliphatic carbocycles. The normalized spacial score (nSPS) is 17.8. The molecular weight excluding hydrogens is 547 g/mol. The number of aromatic nitrogens is 2. The standard InChI is InChI=1S/C27H25F5N4OS.C2H6/c1-16-7-9-35(10-8-16)24-23(38-25(37)33-24)12-17-3-6-22-19(11-17)15-36(34-22)14-18-4-5-20(26(2,28)29)13-21(18)27(30,31)32;1-2/h3-6,11-13,15-16H,7-10,14H2,1-2H3;1-2H3/b23-12-;. The number of benzene rings is 2. The SMILES string of the molecule is CC.CC1CCN(C2=NC(=O)S/C2=C\c2ccc3nn(Cc4ccc(C(C)(F)F)cc4C(F)(F)F)cc3c2)CC1. The van der Waals surface area contributed by atoms with Gasteiger partial charge in [0.2, 0.25) is 0 Å². The summed E-state index contributed by atoms with van der Waals surface area (Å²) in [5, 5.41) is 4.81. The van der Waals surface area contributed by atoms with Gasteiger partial charge in [0.05, 0.1) is 22.5 Å². The highest BCUT2D eigenvalue weighted by Gasteiger charge is 2.36. The van der Waals surface area contributed by atoms with E-state index in [4.69, 9.17) is 0 Å². The fourth-order valence-corrected chi connectivity index (χ4v) is 5.47. The minimum atomic E-state index is -4.79. The lowest BCUT2D eigenvalue weighted by molar-refractivity contribution is -0.138. The number of halogens is 5. The molecule has 0 N–H and O–H groups in total. The summed E-state index contributed by atoms with van der Waals surface area (Å²) in [7, 11) is 0. The van der Waals surface area contributed by atoms with E-state index >= 15 is 0 Å². The van der Waals surface area contributed by atoms with E-state index in [1.54, 1.807) is 12.3 Å². The molecule has 3 aromatic rings. The number of aliphatic imine (C=N–C) groups is 1. The summed E-state index contributed by atoms with van der Waals surface area (Å²) in [5.41, 5.74) is -0.576. The predicted octanol–water partition coefficient (Wildman–Crippen LogP) is 8.58. The van der Waals surface area contributed by atoms with Gasteiger partial charge in [0.15, 0.2) is 0 Å². The van der Waals surface area contributed by atoms with Crippen LogP contribution in [-0.4, -0.2) is 38.8 Å². The van der Waals surface area contributed by atoms with Crippen LogP contribution >= 0.6 is 11.8 Å². The van der Waals surface area contributed by atoms with Crippen LogP contribution in [-0.2, 0) is 18.6 Å². The van der Waals surface area contributed by atoms with Crippen LogP contribution in [0.5, 0.6) is 0 Å². The number of piperidine rings is 1. The molecule has 1 saturated heterocycles. The Morgan fingerprint density at radius 2 is 1.75 bits per heavy atom. The van der Waals surface area contributed by atoms with Crippen LogP contribution in [0.3, 0.4) is 0 Å². The summed E-state index contributed by atoms with van der Waals surface area (Å²) < 4.78 is 69.7. The van der Waals surface area contributed by atoms with Gasteiger partial charge in [0.25, 0.3) is 5.92 Å². The quantitative estimate of drug-likeness (QED) is 0.291. The third kappa shape index (κ3) is 6.74. The number of rotatable bonds is 4. The predicted molar refractivity (Wildman–Crippen MR) is 150 cm³/mol. The third-order valence-corrected chi connectivity index (χ3v) is 7.61. The monoisotopic (exact) mass is 578 g/mol. The molecule has 3 heterocycles. The lowest BCUT2D eigenvalue weighted by Gasteiger charge is -2.31. The molecule has 1 fully saturated rings. The molecule has 0 radical (unpaired) electrons. The molecular formula is C29H31F5N4OS. The summed E-state index contributed by atoms with van der Waals surface area (Å²) >= 11 is 1.08. The van der Waals surface area contributed by atoms with Crippen LogP contribution in [0, 0.1) is 5.92 Å². The Morgan fingerprint density at radius 3 is 2.40 bits per heavy atom. The minimum Gasteiger partial charge on any atom is -0.356 e. The molecule has 0 bridgehead atoms. The van der Waals surface area contributed by atoms with E-state index in [2.05, 4.69) is 21.9 Å². The molecule has 0 atom stereocenters. The lowest BCUT2D eigenvalue weighted by Crippen LogP contribution is -2.37. The Morgan fingerprint density at radius 1 is 1.05 bits per heavy atom. The van der Waals surface area contributed by atoms with Gasteiger partial charge in [-0.25, -0.2) is 8.78 Å². The average Bonchev–Trinajstić information content (AvgIpc) is 3.46. The Labute approximate surface area is 234 Å². The van der Waals surface area contributed by atoms with Crippen molar-refractivity contribution in [2.75, 3.05) is 13.1 Å². The summed E-state index contributed by atoms with van der Waals surface area (Å²) in [5.74, 6) is -2.06. The number of carbonyl (C=O) groups is 1. The number of hydrogen-bond donors (Lipinski definition) is 0. The Hall–Kier alpha value is -3.21. The number of nitrogens with zero attached hydrogens (tertiary/aromatic N) is 4. The van der Waals surface area contributed by atoms with Gasteiger partial charge in [-0.05, 0) is 65.9 Å². The lowest BCUT2D eigenvalue weighted by atomic mass is 9.99. The largest absolute Gasteiger partial charge is 0.416 e. The van der Waals surface area contributed by atoms with E-state index in [0.717, 1.165) is 60.3 Å². The Bertz CT molecular complexity index is 1450. The molecule has 40 heavy (non-hydrogen) atoms. The second-order valence-electron chi connectivity index (χ2n) is 9.88. The van der Waals surface area contributed by atoms with Crippen molar-refractivity contribution in [3.8, 4) is 0 Å². The molecule has 1 aromatic heterocycles. The fraction of sp³-hybridized carbons (Fsp3) is 0.414. The van der Waals surface area contributed by atoms with Crippen molar-refractivity contribution < 1.29 is 26.7 Å². The van der Waals surface area contributed by atoms with Crippen LogP contribution in [0.1, 0.15) is 62.8 Å². The first-order valence-electron chi connectivity index (χ1n) is 13.2. The van der Waals surface area contributed by atoms with Gasteiger partial charge in [0, 0.05) is 37.2 Å². The molecule has 5 rings (SSSR count). The van der Waals surface area contributed by atoms with E-state index in [0.29, 0.717) is 35.6 Å². The van der Waals surface area contributed by atoms with Crippen molar-refractivity contribution in [1.82, 2.24) is 14.7 Å². The number of fused-ring (bicyclic) bond motifs is 1. The number of thioether (sulfide) groups is 1. The minimum absolute atomic E-state index is 0.154. The summed E-state index contributed by atoms with van der Waals surface area (Å²) in [6.45, 7) is 8.23. The third-order valence-electron chi connectivity index (χ3n) is 6.83. The topological polar surface area (TPSA) is 50.5 Å². The molecule has 214 valence electrons. The molecule has 11 heteroatoms. The van der Waals surface area contributed by atoms with Gasteiger partial charge in [0.1, 0.15) is 5.84 Å². The van der Waals surface area contributed by atoms with E-state index in [1.165, 1.54) is 4.68 Å². The number of amidine groups is 1. The molecule has 5 nitrogen and oxygen atoms in total. The second-order valence-corrected chi connectivity index (χ2v) is 10.9. The Kier molecular flexibility index (Phi) is 8.72. The zero-order valence-corrected chi connectivity index (χ0v) is 23.5. The molecule has 2 aliphatic rings. The van der Waals surface area contributed by atoms with Crippen molar-refractivity contribution in [1.29, 1.82) is 0 Å². The molecule has 0 unspecified atom stereocenters. The molecule has 2 aliphatic heterocycles. The summed E-state index contributed by atoms with van der Waals surface area (Å²) in [6, 6.07) is 8.02. The summed E-state index contributed by atoms with van der Waals surface area (Å²) in [4.78, 5) is 19.2. The molecule has 1 amide bonds. The fourth-order valence-electron chi connectivity index (χ4n) is 4.69. The number of likely N-dealkylation sites (tertiary alicyclic amines) is 1. The van der Waals surface area contributed by atoms with E-state index in [-0.39, 0.29) is 17.3 Å². The highest BCUT2D eigenvalue weighted by Crippen LogP contribution is 2.37. The van der Waals surface area contributed by atoms with Crippen molar-refractivity contribution >= 4 is 39.8 Å². The van der Waals surface area contributed by atoms with Crippen molar-refractivity contribution in [2.24, 2.45) is 10.9 Å². The summed E-state index contributed by atoms with van der Waals surface area (Å²) in [6.07, 6.45) is 0.791. The van der Waals surface area contributed by atoms with Gasteiger partial charge < -0.3 is 4.90 Å². The van der Waals surface area contributed by atoms with Crippen molar-refractivity contribution in [3.05, 3.63) is 69.8 Å². The first-order valence-corrected chi connectivity index (χ1v) is 14.0. The zero-order valence-electron chi connectivity index (χ0n) is 22.7. The highest BCUT2D eigenvalue weighted by molar-refractivity contribution is 8.18. The van der Waals surface area contributed by atoms with Gasteiger partial charge in [-0.1, -0.05) is 39.0 Å². The highest BCUT2D eigenvalue weighted by atomic mass is 32.2. The van der Waals surface area contributed by atoms with Crippen LogP contribution in [0.4, 0.5) is 26.7 Å². The zero-order chi connectivity index (χ0) is 29.2. The molecule has 0 saturated carbocycles. The Balaban J connectivity index is 0.00000181. The van der Waals surface area contributed by atoms with Crippen LogP contribution in [0.2, 0.25) is 0 Å². The molecule has 2 aromatic carbocycles. The van der Waals surface area contributed by atoms with E-state index < -0.39 is 23.2 Å². The van der Waals surface area contributed by atoms with Gasteiger partial charge in [-0.3, -0.25) is 9.48 Å². The van der Waals surface area contributed by atoms with Crippen molar-refractivity contribution in [2.45, 2.75) is 59.2 Å².